The summed E-state index contributed by atoms with van der Waals surface area (Å²) in [4.78, 5) is 28.5. The number of nitrogens with zero attached hydrogens (tertiary/aromatic N) is 1. The number of nitrogens with one attached hydrogen (secondary N) is 1. The Morgan fingerprint density at radius 3 is 2.57 bits per heavy atom. The summed E-state index contributed by atoms with van der Waals surface area (Å²) >= 11 is 13.2. The number of Topliss-reactive ketones (excluding diaryl/α,β-unsaturated/α-hetero) is 1. The van der Waals surface area contributed by atoms with Gasteiger partial charge in [-0.2, -0.15) is 0 Å². The van der Waals surface area contributed by atoms with E-state index in [-0.39, 0.29) is 11.7 Å². The van der Waals surface area contributed by atoms with E-state index in [1.165, 1.54) is 0 Å². The first-order valence-electron chi connectivity index (χ1n) is 10.4. The molecule has 2 aliphatic rings. The van der Waals surface area contributed by atoms with Gasteiger partial charge < -0.3 is 5.32 Å². The molecule has 0 spiro atoms. The number of rotatable bonds is 4. The molecular formula is C24H24Cl2N2O2. The highest BCUT2D eigenvalue weighted by atomic mass is 35.5. The molecule has 1 atom stereocenters. The maximum Gasteiger partial charge on any atom is 0.227 e. The van der Waals surface area contributed by atoms with Crippen molar-refractivity contribution in [3.05, 3.63) is 69.3 Å². The fourth-order valence-corrected chi connectivity index (χ4v) is 4.91. The van der Waals surface area contributed by atoms with Gasteiger partial charge in [0.05, 0.1) is 17.4 Å². The molecular weight excluding hydrogens is 419 g/mol. The highest BCUT2D eigenvalue weighted by molar-refractivity contribution is 6.36. The van der Waals surface area contributed by atoms with Crippen molar-refractivity contribution >= 4 is 46.3 Å². The number of carbonyl (C=O) groups is 2. The molecule has 30 heavy (non-hydrogen) atoms. The van der Waals surface area contributed by atoms with E-state index in [9.17, 15) is 9.59 Å². The van der Waals surface area contributed by atoms with Gasteiger partial charge in [-0.05, 0) is 43.5 Å². The molecule has 2 aromatic carbocycles. The minimum Gasteiger partial charge on any atom is -0.357 e. The van der Waals surface area contributed by atoms with E-state index in [1.54, 1.807) is 23.1 Å². The third-order valence-corrected chi connectivity index (χ3v) is 6.38. The number of halogens is 2. The van der Waals surface area contributed by atoms with Crippen LogP contribution in [0.3, 0.4) is 0 Å². The van der Waals surface area contributed by atoms with Gasteiger partial charge in [0.2, 0.25) is 5.91 Å². The van der Waals surface area contributed by atoms with E-state index in [0.29, 0.717) is 34.0 Å². The van der Waals surface area contributed by atoms with Crippen LogP contribution in [0.1, 0.15) is 57.1 Å². The van der Waals surface area contributed by atoms with Gasteiger partial charge in [0, 0.05) is 39.7 Å². The van der Waals surface area contributed by atoms with Crippen LogP contribution < -0.4 is 10.2 Å². The molecule has 4 rings (SSSR count). The zero-order valence-electron chi connectivity index (χ0n) is 16.9. The van der Waals surface area contributed by atoms with Crippen LogP contribution in [-0.4, -0.2) is 11.7 Å². The molecule has 0 fully saturated rings. The number of amides is 1. The second kappa shape index (κ2) is 8.83. The Kier molecular flexibility index (Phi) is 6.16. The van der Waals surface area contributed by atoms with Crippen molar-refractivity contribution in [2.24, 2.45) is 0 Å². The Bertz CT molecular complexity index is 1010. The Hall–Kier alpha value is -2.30. The molecule has 0 saturated heterocycles. The van der Waals surface area contributed by atoms with Crippen molar-refractivity contribution in [2.45, 2.75) is 51.5 Å². The van der Waals surface area contributed by atoms with Crippen molar-refractivity contribution in [1.29, 1.82) is 0 Å². The standard InChI is InChI=1S/C24H24Cl2N2O2/c1-2-3-14-21(30)28-19-12-5-4-10-17(19)27-18-11-7-13-20(29)23(18)24(28)22-15(25)8-6-9-16(22)26/h4-6,8-10,12,24,27H,2-3,7,11,13-14H2,1H3/t24-/m0/s1. The third-order valence-electron chi connectivity index (χ3n) is 5.72. The number of para-hydroxylation sites is 2. The second-order valence-electron chi connectivity index (χ2n) is 7.72. The lowest BCUT2D eigenvalue weighted by Crippen LogP contribution is -2.38. The SMILES string of the molecule is CCCCC(=O)N1c2ccccc2NC2=C(C(=O)CCC2)[C@@H]1c1c(Cl)cccc1Cl. The first-order valence-corrected chi connectivity index (χ1v) is 11.2. The Morgan fingerprint density at radius 1 is 1.10 bits per heavy atom. The maximum atomic E-state index is 13.5. The van der Waals surface area contributed by atoms with Crippen molar-refractivity contribution in [1.82, 2.24) is 0 Å². The number of ketones is 1. The topological polar surface area (TPSA) is 49.4 Å². The van der Waals surface area contributed by atoms with Gasteiger partial charge in [-0.25, -0.2) is 0 Å². The molecule has 1 aliphatic carbocycles. The van der Waals surface area contributed by atoms with Crippen LogP contribution in [0.5, 0.6) is 0 Å². The molecule has 156 valence electrons. The summed E-state index contributed by atoms with van der Waals surface area (Å²) in [6.45, 7) is 2.05. The molecule has 0 saturated carbocycles. The molecule has 6 heteroatoms. The van der Waals surface area contributed by atoms with Crippen LogP contribution in [0.15, 0.2) is 53.7 Å². The number of hydrogen-bond acceptors (Lipinski definition) is 3. The summed E-state index contributed by atoms with van der Waals surface area (Å²) in [5.41, 5.74) is 3.60. The predicted octanol–water partition coefficient (Wildman–Crippen LogP) is 6.69. The van der Waals surface area contributed by atoms with Crippen LogP contribution in [0.4, 0.5) is 11.4 Å². The minimum absolute atomic E-state index is 0.0332. The highest BCUT2D eigenvalue weighted by Gasteiger charge is 2.40. The predicted molar refractivity (Wildman–Crippen MR) is 122 cm³/mol. The van der Waals surface area contributed by atoms with Crippen LogP contribution in [0.25, 0.3) is 0 Å². The molecule has 1 heterocycles. The minimum atomic E-state index is -0.658. The van der Waals surface area contributed by atoms with Crippen molar-refractivity contribution < 1.29 is 9.59 Å². The molecule has 1 aliphatic heterocycles. The first kappa shape index (κ1) is 21.0. The summed E-state index contributed by atoms with van der Waals surface area (Å²) < 4.78 is 0. The lowest BCUT2D eigenvalue weighted by molar-refractivity contribution is -0.119. The molecule has 0 bridgehead atoms. The van der Waals surface area contributed by atoms with Crippen molar-refractivity contribution in [3.63, 3.8) is 0 Å². The normalized spacial score (nSPS) is 18.4. The van der Waals surface area contributed by atoms with Gasteiger partial charge in [0.1, 0.15) is 0 Å². The van der Waals surface area contributed by atoms with Gasteiger partial charge >= 0.3 is 0 Å². The van der Waals surface area contributed by atoms with Crippen molar-refractivity contribution in [3.8, 4) is 0 Å². The molecule has 1 amide bonds. The molecule has 0 radical (unpaired) electrons. The third kappa shape index (κ3) is 3.75. The average molecular weight is 443 g/mol. The van der Waals surface area contributed by atoms with Crippen LogP contribution in [0.2, 0.25) is 10.0 Å². The van der Waals surface area contributed by atoms with E-state index in [2.05, 4.69) is 12.2 Å². The first-order chi connectivity index (χ1) is 14.5. The van der Waals surface area contributed by atoms with Crippen LogP contribution in [-0.2, 0) is 9.59 Å². The summed E-state index contributed by atoms with van der Waals surface area (Å²) in [5.74, 6) is -0.00922. The summed E-state index contributed by atoms with van der Waals surface area (Å²) in [5, 5.41) is 4.35. The fraction of sp³-hybridized carbons (Fsp3) is 0.333. The number of allylic oxidation sites excluding steroid dienone is 1. The largest absolute Gasteiger partial charge is 0.357 e. The second-order valence-corrected chi connectivity index (χ2v) is 8.53. The number of fused-ring (bicyclic) bond motifs is 1. The van der Waals surface area contributed by atoms with Gasteiger partial charge in [0.25, 0.3) is 0 Å². The molecule has 2 aromatic rings. The zero-order chi connectivity index (χ0) is 21.3. The van der Waals surface area contributed by atoms with Crippen molar-refractivity contribution in [2.75, 3.05) is 10.2 Å². The van der Waals surface area contributed by atoms with Gasteiger partial charge in [-0.1, -0.05) is 54.7 Å². The van der Waals surface area contributed by atoms with E-state index in [1.807, 2.05) is 24.3 Å². The van der Waals surface area contributed by atoms with E-state index in [4.69, 9.17) is 23.2 Å². The van der Waals surface area contributed by atoms with E-state index < -0.39 is 6.04 Å². The number of anilines is 2. The van der Waals surface area contributed by atoms with E-state index in [0.717, 1.165) is 42.8 Å². The van der Waals surface area contributed by atoms with Gasteiger partial charge in [-0.3, -0.25) is 14.5 Å². The van der Waals surface area contributed by atoms with Gasteiger partial charge in [0.15, 0.2) is 5.78 Å². The summed E-state index contributed by atoms with van der Waals surface area (Å²) in [6, 6.07) is 12.3. The Balaban J connectivity index is 2.01. The molecule has 0 unspecified atom stereocenters. The van der Waals surface area contributed by atoms with Gasteiger partial charge in [-0.15, -0.1) is 0 Å². The molecule has 1 N–H and O–H groups in total. The monoisotopic (exact) mass is 442 g/mol. The highest BCUT2D eigenvalue weighted by Crippen LogP contribution is 2.48. The maximum absolute atomic E-state index is 13.5. The number of unbranched alkanes of at least 4 members (excludes halogenated alkanes) is 1. The van der Waals surface area contributed by atoms with Crippen LogP contribution in [0, 0.1) is 0 Å². The van der Waals surface area contributed by atoms with Crippen LogP contribution >= 0.6 is 23.2 Å². The van der Waals surface area contributed by atoms with E-state index >= 15 is 0 Å². The Labute approximate surface area is 186 Å². The Morgan fingerprint density at radius 2 is 1.83 bits per heavy atom. The average Bonchev–Trinajstić information content (AvgIpc) is 2.87. The smallest absolute Gasteiger partial charge is 0.227 e. The molecule has 4 nitrogen and oxygen atoms in total. The number of benzene rings is 2. The quantitative estimate of drug-likeness (QED) is 0.573. The molecule has 0 aromatic heterocycles. The number of carbonyl (C=O) groups excluding carboxylic acids is 2. The lowest BCUT2D eigenvalue weighted by atomic mass is 9.85. The number of hydrogen-bond donors (Lipinski definition) is 1. The summed E-state index contributed by atoms with van der Waals surface area (Å²) in [6.07, 6.45) is 4.04. The summed E-state index contributed by atoms with van der Waals surface area (Å²) in [7, 11) is 0. The lowest BCUT2D eigenvalue weighted by Gasteiger charge is -2.35. The zero-order valence-corrected chi connectivity index (χ0v) is 18.4. The fourth-order valence-electron chi connectivity index (χ4n) is 4.30.